The molecular formula is C19H24FN3O4. The first-order valence-corrected chi connectivity index (χ1v) is 8.87. The Morgan fingerprint density at radius 2 is 1.96 bits per heavy atom. The molecule has 1 aromatic carbocycles. The fourth-order valence-corrected chi connectivity index (χ4v) is 2.94. The number of hydrogen-bond acceptors (Lipinski definition) is 3. The van der Waals surface area contributed by atoms with Crippen LogP contribution in [-0.4, -0.2) is 40.0 Å². The van der Waals surface area contributed by atoms with Gasteiger partial charge in [-0.25, -0.2) is 9.18 Å². The van der Waals surface area contributed by atoms with Crippen LogP contribution in [0.3, 0.4) is 0 Å². The lowest BCUT2D eigenvalue weighted by atomic mass is 10.0. The van der Waals surface area contributed by atoms with Gasteiger partial charge in [-0.05, 0) is 30.2 Å². The van der Waals surface area contributed by atoms with E-state index in [-0.39, 0.29) is 12.2 Å². The molecule has 0 fully saturated rings. The van der Waals surface area contributed by atoms with Crippen LogP contribution in [-0.2, 0) is 20.8 Å². The van der Waals surface area contributed by atoms with Crippen molar-refractivity contribution < 1.29 is 23.9 Å². The fraction of sp³-hybridized carbons (Fsp3) is 0.421. The van der Waals surface area contributed by atoms with Gasteiger partial charge in [0, 0.05) is 30.4 Å². The van der Waals surface area contributed by atoms with Gasteiger partial charge < -0.3 is 20.7 Å². The lowest BCUT2D eigenvalue weighted by molar-refractivity contribution is -0.142. The van der Waals surface area contributed by atoms with E-state index in [1.54, 1.807) is 12.3 Å². The molecule has 27 heavy (non-hydrogen) atoms. The number of unbranched alkanes of at least 4 members (excludes halogenated alkanes) is 1. The number of carbonyl (C=O) groups is 3. The molecule has 1 unspecified atom stereocenters. The maximum Gasteiger partial charge on any atom is 0.326 e. The van der Waals surface area contributed by atoms with Gasteiger partial charge in [-0.15, -0.1) is 0 Å². The number of carbonyl (C=O) groups excluding carboxylic acids is 2. The summed E-state index contributed by atoms with van der Waals surface area (Å²) in [5.74, 6) is -2.46. The minimum atomic E-state index is -1.11. The first-order valence-electron chi connectivity index (χ1n) is 8.87. The number of aromatic nitrogens is 1. The monoisotopic (exact) mass is 377 g/mol. The summed E-state index contributed by atoms with van der Waals surface area (Å²) in [7, 11) is 0. The van der Waals surface area contributed by atoms with Gasteiger partial charge in [-0.1, -0.05) is 19.8 Å². The van der Waals surface area contributed by atoms with E-state index in [1.807, 2.05) is 6.92 Å². The highest BCUT2D eigenvalue weighted by Gasteiger charge is 2.26. The summed E-state index contributed by atoms with van der Waals surface area (Å²) >= 11 is 0. The molecule has 0 aliphatic rings. The van der Waals surface area contributed by atoms with Gasteiger partial charge in [0.05, 0.1) is 0 Å². The number of H-pyrrole nitrogens is 1. The van der Waals surface area contributed by atoms with E-state index in [1.165, 1.54) is 19.1 Å². The molecule has 0 radical (unpaired) electrons. The number of aliphatic carboxylic acids is 1. The zero-order valence-corrected chi connectivity index (χ0v) is 15.3. The topological polar surface area (TPSA) is 111 Å². The Bertz CT molecular complexity index is 833. The number of hydrogen-bond donors (Lipinski definition) is 4. The van der Waals surface area contributed by atoms with Crippen molar-refractivity contribution in [1.82, 2.24) is 15.6 Å². The molecule has 1 heterocycles. The van der Waals surface area contributed by atoms with E-state index >= 15 is 0 Å². The molecule has 0 bridgehead atoms. The van der Waals surface area contributed by atoms with Crippen molar-refractivity contribution in [2.45, 2.75) is 51.6 Å². The molecule has 0 spiro atoms. The summed E-state index contributed by atoms with van der Waals surface area (Å²) in [6.45, 7) is 3.22. The third-order valence-electron chi connectivity index (χ3n) is 4.31. The summed E-state index contributed by atoms with van der Waals surface area (Å²) in [5.41, 5.74) is 1.30. The molecule has 0 aliphatic heterocycles. The van der Waals surface area contributed by atoms with Crippen molar-refractivity contribution in [3.8, 4) is 0 Å². The Labute approximate surface area is 156 Å². The molecular weight excluding hydrogens is 353 g/mol. The Morgan fingerprint density at radius 3 is 2.59 bits per heavy atom. The number of amides is 2. The molecule has 2 rings (SSSR count). The van der Waals surface area contributed by atoms with Gasteiger partial charge in [0.1, 0.15) is 17.9 Å². The van der Waals surface area contributed by atoms with Crippen LogP contribution in [0.4, 0.5) is 4.39 Å². The van der Waals surface area contributed by atoms with E-state index in [4.69, 9.17) is 0 Å². The molecule has 2 aromatic rings. The Balaban J connectivity index is 2.19. The molecule has 1 aromatic heterocycles. The molecule has 0 saturated carbocycles. The van der Waals surface area contributed by atoms with E-state index < -0.39 is 29.9 Å². The molecule has 8 heteroatoms. The van der Waals surface area contributed by atoms with Gasteiger partial charge in [-0.3, -0.25) is 9.59 Å². The Hall–Kier alpha value is -2.90. The molecule has 2 amide bonds. The highest BCUT2D eigenvalue weighted by molar-refractivity contribution is 5.91. The molecule has 0 saturated heterocycles. The predicted molar refractivity (Wildman–Crippen MR) is 98.7 cm³/mol. The maximum atomic E-state index is 13.3. The van der Waals surface area contributed by atoms with E-state index in [9.17, 15) is 23.9 Å². The van der Waals surface area contributed by atoms with Gasteiger partial charge in [0.2, 0.25) is 11.8 Å². The minimum absolute atomic E-state index is 0.150. The first kappa shape index (κ1) is 20.4. The van der Waals surface area contributed by atoms with Crippen LogP contribution < -0.4 is 10.6 Å². The average Bonchev–Trinajstić information content (AvgIpc) is 2.99. The third kappa shape index (κ3) is 5.54. The van der Waals surface area contributed by atoms with Crippen LogP contribution in [0.2, 0.25) is 0 Å². The summed E-state index contributed by atoms with van der Waals surface area (Å²) in [4.78, 5) is 38.4. The number of rotatable bonds is 9. The van der Waals surface area contributed by atoms with Crippen molar-refractivity contribution in [3.63, 3.8) is 0 Å². The largest absolute Gasteiger partial charge is 0.480 e. The van der Waals surface area contributed by atoms with E-state index in [0.29, 0.717) is 18.4 Å². The highest BCUT2D eigenvalue weighted by atomic mass is 19.1. The summed E-state index contributed by atoms with van der Waals surface area (Å²) in [5, 5.41) is 15.1. The van der Waals surface area contributed by atoms with Gasteiger partial charge in [0.25, 0.3) is 0 Å². The minimum Gasteiger partial charge on any atom is -0.480 e. The zero-order chi connectivity index (χ0) is 20.0. The van der Waals surface area contributed by atoms with Crippen LogP contribution in [0.25, 0.3) is 10.9 Å². The molecule has 0 aliphatic carbocycles. The first-order chi connectivity index (χ1) is 12.8. The van der Waals surface area contributed by atoms with Crippen molar-refractivity contribution in [2.24, 2.45) is 0 Å². The zero-order valence-electron chi connectivity index (χ0n) is 15.3. The van der Waals surface area contributed by atoms with Crippen LogP contribution in [0.15, 0.2) is 24.4 Å². The van der Waals surface area contributed by atoms with Gasteiger partial charge in [-0.2, -0.15) is 0 Å². The lowest BCUT2D eigenvalue weighted by Crippen LogP contribution is -2.52. The second-order valence-electron chi connectivity index (χ2n) is 6.50. The molecule has 7 nitrogen and oxygen atoms in total. The van der Waals surface area contributed by atoms with Crippen LogP contribution in [0.5, 0.6) is 0 Å². The highest BCUT2D eigenvalue weighted by Crippen LogP contribution is 2.20. The van der Waals surface area contributed by atoms with Crippen molar-refractivity contribution >= 4 is 28.7 Å². The molecule has 4 N–H and O–H groups in total. The fourth-order valence-electron chi connectivity index (χ4n) is 2.94. The van der Waals surface area contributed by atoms with Crippen molar-refractivity contribution in [3.05, 3.63) is 35.8 Å². The predicted octanol–water partition coefficient (Wildman–Crippen LogP) is 2.11. The lowest BCUT2D eigenvalue weighted by Gasteiger charge is -2.21. The number of aromatic amines is 1. The number of halogens is 1. The standard InChI is InChI=1S/C19H24FN3O4/c1-3-4-5-15(19(26)27)23-18(25)17(22-11(2)24)8-12-10-21-16-9-13(20)6-7-14(12)16/h6-7,9-10,15,17,21H,3-5,8H2,1-2H3,(H,22,24)(H,23,25)(H,26,27)/t15-,17?/m0/s1. The third-order valence-corrected chi connectivity index (χ3v) is 4.31. The number of fused-ring (bicyclic) bond motifs is 1. The van der Waals surface area contributed by atoms with Crippen LogP contribution in [0.1, 0.15) is 38.7 Å². The Kier molecular flexibility index (Phi) is 6.92. The number of carboxylic acids is 1. The normalized spacial score (nSPS) is 13.1. The Morgan fingerprint density at radius 1 is 1.22 bits per heavy atom. The summed E-state index contributed by atoms with van der Waals surface area (Å²) in [6.07, 6.45) is 3.59. The number of carboxylic acid groups (broad SMARTS) is 1. The second-order valence-corrected chi connectivity index (χ2v) is 6.50. The number of nitrogens with one attached hydrogen (secondary N) is 3. The van der Waals surface area contributed by atoms with Crippen LogP contribution in [0, 0.1) is 5.82 Å². The molecule has 2 atom stereocenters. The second kappa shape index (κ2) is 9.16. The van der Waals surface area contributed by atoms with Crippen molar-refractivity contribution in [2.75, 3.05) is 0 Å². The SMILES string of the molecule is CCCC[C@H](NC(=O)C(Cc1c[nH]c2cc(F)ccc12)NC(C)=O)C(=O)O. The van der Waals surface area contributed by atoms with Gasteiger partial charge >= 0.3 is 5.97 Å². The van der Waals surface area contributed by atoms with Gasteiger partial charge in [0.15, 0.2) is 0 Å². The summed E-state index contributed by atoms with van der Waals surface area (Å²) in [6, 6.07) is 2.32. The van der Waals surface area contributed by atoms with E-state index in [0.717, 1.165) is 17.4 Å². The smallest absolute Gasteiger partial charge is 0.326 e. The summed E-state index contributed by atoms with van der Waals surface area (Å²) < 4.78 is 13.3. The maximum absolute atomic E-state index is 13.3. The molecule has 146 valence electrons. The van der Waals surface area contributed by atoms with E-state index in [2.05, 4.69) is 15.6 Å². The average molecular weight is 377 g/mol. The van der Waals surface area contributed by atoms with Crippen molar-refractivity contribution in [1.29, 1.82) is 0 Å². The van der Waals surface area contributed by atoms with Crippen LogP contribution >= 0.6 is 0 Å². The number of benzene rings is 1. The quantitative estimate of drug-likeness (QED) is 0.536.